The minimum atomic E-state index is -4.69. The highest BCUT2D eigenvalue weighted by molar-refractivity contribution is 5.58. The Bertz CT molecular complexity index is 448. The standard InChI is InChI=1S/C10H11F3N2O3/c1-14(4-5-16)9-3-2-7(15(17)18)6-8(9)10(11,12)13/h2-3,6,16H,4-5H2,1H3. The van der Waals surface area contributed by atoms with Gasteiger partial charge in [-0.1, -0.05) is 0 Å². The van der Waals surface area contributed by atoms with Crippen molar-refractivity contribution in [1.82, 2.24) is 0 Å². The number of likely N-dealkylation sites (N-methyl/N-ethyl adjacent to an activating group) is 1. The van der Waals surface area contributed by atoms with Crippen LogP contribution < -0.4 is 4.90 Å². The van der Waals surface area contributed by atoms with Crippen LogP contribution in [0.3, 0.4) is 0 Å². The van der Waals surface area contributed by atoms with E-state index in [0.29, 0.717) is 6.07 Å². The van der Waals surface area contributed by atoms with Gasteiger partial charge in [-0.05, 0) is 6.07 Å². The molecule has 0 aliphatic rings. The SMILES string of the molecule is CN(CCO)c1ccc([N+](=O)[O-])cc1C(F)(F)F. The van der Waals surface area contributed by atoms with E-state index in [2.05, 4.69) is 0 Å². The van der Waals surface area contributed by atoms with Gasteiger partial charge in [0.1, 0.15) is 0 Å². The zero-order valence-corrected chi connectivity index (χ0v) is 9.44. The smallest absolute Gasteiger partial charge is 0.395 e. The number of aliphatic hydroxyl groups excluding tert-OH is 1. The first-order valence-corrected chi connectivity index (χ1v) is 4.95. The molecule has 0 unspecified atom stereocenters. The van der Waals surface area contributed by atoms with Gasteiger partial charge in [0.15, 0.2) is 0 Å². The average molecular weight is 264 g/mol. The molecule has 0 spiro atoms. The first-order valence-electron chi connectivity index (χ1n) is 4.95. The van der Waals surface area contributed by atoms with Crippen LogP contribution in [0.25, 0.3) is 0 Å². The first kappa shape index (κ1) is 14.2. The van der Waals surface area contributed by atoms with Gasteiger partial charge < -0.3 is 10.0 Å². The minimum Gasteiger partial charge on any atom is -0.395 e. The van der Waals surface area contributed by atoms with Crippen LogP contribution >= 0.6 is 0 Å². The number of rotatable bonds is 4. The maximum atomic E-state index is 12.8. The molecule has 0 fully saturated rings. The predicted molar refractivity (Wildman–Crippen MR) is 58.5 cm³/mol. The highest BCUT2D eigenvalue weighted by Crippen LogP contribution is 2.38. The van der Waals surface area contributed by atoms with Gasteiger partial charge in [0.25, 0.3) is 5.69 Å². The Morgan fingerprint density at radius 2 is 2.06 bits per heavy atom. The average Bonchev–Trinajstić information content (AvgIpc) is 2.27. The van der Waals surface area contributed by atoms with Crippen molar-refractivity contribution >= 4 is 11.4 Å². The Kier molecular flexibility index (Phi) is 4.12. The summed E-state index contributed by atoms with van der Waals surface area (Å²) < 4.78 is 38.3. The first-order chi connectivity index (χ1) is 8.27. The lowest BCUT2D eigenvalue weighted by Crippen LogP contribution is -2.24. The molecular formula is C10H11F3N2O3. The molecule has 0 saturated carbocycles. The molecule has 0 bridgehead atoms. The Labute approximate surface area is 101 Å². The summed E-state index contributed by atoms with van der Waals surface area (Å²) in [5.41, 5.74) is -1.92. The second-order valence-corrected chi connectivity index (χ2v) is 3.60. The molecule has 0 aromatic heterocycles. The zero-order valence-electron chi connectivity index (χ0n) is 9.44. The summed E-state index contributed by atoms with van der Waals surface area (Å²) in [6.45, 7) is -0.314. The number of nitro groups is 1. The molecule has 1 aromatic carbocycles. The van der Waals surface area contributed by atoms with Gasteiger partial charge in [-0.15, -0.1) is 0 Å². The van der Waals surface area contributed by atoms with E-state index in [1.165, 1.54) is 11.9 Å². The largest absolute Gasteiger partial charge is 0.418 e. The summed E-state index contributed by atoms with van der Waals surface area (Å²) >= 11 is 0. The topological polar surface area (TPSA) is 66.6 Å². The molecule has 0 heterocycles. The van der Waals surface area contributed by atoms with Crippen molar-refractivity contribution in [3.05, 3.63) is 33.9 Å². The lowest BCUT2D eigenvalue weighted by molar-refractivity contribution is -0.385. The van der Waals surface area contributed by atoms with E-state index in [0.717, 1.165) is 12.1 Å². The van der Waals surface area contributed by atoms with Crippen molar-refractivity contribution in [2.24, 2.45) is 0 Å². The third-order valence-electron chi connectivity index (χ3n) is 2.34. The van der Waals surface area contributed by atoms with Crippen molar-refractivity contribution in [2.45, 2.75) is 6.18 Å². The number of anilines is 1. The van der Waals surface area contributed by atoms with Gasteiger partial charge in [-0.25, -0.2) is 0 Å². The summed E-state index contributed by atoms with van der Waals surface area (Å²) in [6, 6.07) is 2.51. The van der Waals surface area contributed by atoms with Crippen LogP contribution in [-0.4, -0.2) is 30.2 Å². The van der Waals surface area contributed by atoms with E-state index in [9.17, 15) is 23.3 Å². The van der Waals surface area contributed by atoms with E-state index in [1.807, 2.05) is 0 Å². The van der Waals surface area contributed by atoms with E-state index in [-0.39, 0.29) is 18.8 Å². The number of hydrogen-bond donors (Lipinski definition) is 1. The van der Waals surface area contributed by atoms with E-state index >= 15 is 0 Å². The number of aliphatic hydroxyl groups is 1. The molecule has 0 amide bonds. The molecule has 0 aliphatic carbocycles. The molecule has 1 aromatic rings. The maximum Gasteiger partial charge on any atom is 0.418 e. The predicted octanol–water partition coefficient (Wildman–Crippen LogP) is 2.04. The molecular weight excluding hydrogens is 253 g/mol. The molecule has 1 rings (SSSR count). The molecule has 1 N–H and O–H groups in total. The number of nitro benzene ring substituents is 1. The fourth-order valence-electron chi connectivity index (χ4n) is 1.47. The number of benzene rings is 1. The number of nitrogens with zero attached hydrogens (tertiary/aromatic N) is 2. The third kappa shape index (κ3) is 3.10. The zero-order chi connectivity index (χ0) is 13.9. The van der Waals surface area contributed by atoms with Crippen LogP contribution in [0, 0.1) is 10.1 Å². The van der Waals surface area contributed by atoms with Crippen molar-refractivity contribution < 1.29 is 23.2 Å². The fourth-order valence-corrected chi connectivity index (χ4v) is 1.47. The van der Waals surface area contributed by atoms with Crippen LogP contribution in [0.2, 0.25) is 0 Å². The summed E-state index contributed by atoms with van der Waals surface area (Å²) in [5, 5.41) is 19.2. The quantitative estimate of drug-likeness (QED) is 0.667. The Hall–Kier alpha value is -1.83. The Balaban J connectivity index is 3.30. The van der Waals surface area contributed by atoms with Crippen LogP contribution in [0.15, 0.2) is 18.2 Å². The second kappa shape index (κ2) is 5.21. The van der Waals surface area contributed by atoms with Gasteiger partial charge >= 0.3 is 6.18 Å². The molecule has 8 heteroatoms. The van der Waals surface area contributed by atoms with Gasteiger partial charge in [0.2, 0.25) is 0 Å². The third-order valence-corrected chi connectivity index (χ3v) is 2.34. The number of halogens is 3. The van der Waals surface area contributed by atoms with Crippen molar-refractivity contribution in [2.75, 3.05) is 25.1 Å². The molecule has 0 saturated heterocycles. The van der Waals surface area contributed by atoms with E-state index in [1.54, 1.807) is 0 Å². The molecule has 0 atom stereocenters. The lowest BCUT2D eigenvalue weighted by Gasteiger charge is -2.22. The molecule has 5 nitrogen and oxygen atoms in total. The summed E-state index contributed by atoms with van der Waals surface area (Å²) in [4.78, 5) is 10.8. The second-order valence-electron chi connectivity index (χ2n) is 3.60. The van der Waals surface area contributed by atoms with E-state index in [4.69, 9.17) is 5.11 Å². The van der Waals surface area contributed by atoms with Gasteiger partial charge in [-0.3, -0.25) is 10.1 Å². The minimum absolute atomic E-state index is 0.000884. The molecule has 0 radical (unpaired) electrons. The van der Waals surface area contributed by atoms with E-state index < -0.39 is 22.4 Å². The summed E-state index contributed by atoms with van der Waals surface area (Å²) in [7, 11) is 1.37. The summed E-state index contributed by atoms with van der Waals surface area (Å²) in [6.07, 6.45) is -4.69. The fraction of sp³-hybridized carbons (Fsp3) is 0.400. The highest BCUT2D eigenvalue weighted by Gasteiger charge is 2.36. The molecule has 100 valence electrons. The van der Waals surface area contributed by atoms with Crippen LogP contribution in [0.1, 0.15) is 5.56 Å². The maximum absolute atomic E-state index is 12.8. The van der Waals surface area contributed by atoms with Crippen molar-refractivity contribution in [1.29, 1.82) is 0 Å². The Morgan fingerprint density at radius 1 is 1.44 bits per heavy atom. The number of hydrogen-bond acceptors (Lipinski definition) is 4. The Morgan fingerprint density at radius 3 is 2.50 bits per heavy atom. The highest BCUT2D eigenvalue weighted by atomic mass is 19.4. The van der Waals surface area contributed by atoms with Gasteiger partial charge in [0.05, 0.1) is 17.1 Å². The van der Waals surface area contributed by atoms with Gasteiger partial charge in [-0.2, -0.15) is 13.2 Å². The molecule has 18 heavy (non-hydrogen) atoms. The van der Waals surface area contributed by atoms with Gasteiger partial charge in [0, 0.05) is 31.4 Å². The normalized spacial score (nSPS) is 11.4. The van der Waals surface area contributed by atoms with Crippen LogP contribution in [-0.2, 0) is 6.18 Å². The lowest BCUT2D eigenvalue weighted by atomic mass is 10.1. The monoisotopic (exact) mass is 264 g/mol. The van der Waals surface area contributed by atoms with Crippen LogP contribution in [0.4, 0.5) is 24.5 Å². The van der Waals surface area contributed by atoms with Crippen LogP contribution in [0.5, 0.6) is 0 Å². The number of alkyl halides is 3. The van der Waals surface area contributed by atoms with Crippen molar-refractivity contribution in [3.8, 4) is 0 Å². The van der Waals surface area contributed by atoms with Crippen molar-refractivity contribution in [3.63, 3.8) is 0 Å². The summed E-state index contributed by atoms with van der Waals surface area (Å²) in [5.74, 6) is 0. The molecule has 0 aliphatic heterocycles. The number of non-ortho nitro benzene ring substituents is 1.